The molecular weight excluding hydrogens is 310 g/mol. The lowest BCUT2D eigenvalue weighted by molar-refractivity contribution is -0.169. The van der Waals surface area contributed by atoms with Crippen LogP contribution in [0.5, 0.6) is 0 Å². The molecule has 4 fully saturated rings. The summed E-state index contributed by atoms with van der Waals surface area (Å²) in [7, 11) is 0. The molecule has 23 heavy (non-hydrogen) atoms. The Morgan fingerprint density at radius 3 is 2.57 bits per heavy atom. The van der Waals surface area contributed by atoms with E-state index in [2.05, 4.69) is 20.4 Å². The molecule has 1 unspecified atom stereocenters. The summed E-state index contributed by atoms with van der Waals surface area (Å²) in [5.41, 5.74) is 0.535. The van der Waals surface area contributed by atoms with Crippen molar-refractivity contribution in [3.05, 3.63) is 12.2 Å². The SMILES string of the molecule is C=C1[C@@H]2C(=O)[C@@]3(CCl)C(C(=O)N(CCC)CCC)[C@H]4[C@@H]3[C@@H]2C[C@@H]14. The Labute approximate surface area is 143 Å². The van der Waals surface area contributed by atoms with E-state index < -0.39 is 5.41 Å². The zero-order valence-electron chi connectivity index (χ0n) is 14.1. The van der Waals surface area contributed by atoms with Gasteiger partial charge in [-0.25, -0.2) is 0 Å². The molecule has 4 aliphatic rings. The van der Waals surface area contributed by atoms with Gasteiger partial charge >= 0.3 is 0 Å². The van der Waals surface area contributed by atoms with Gasteiger partial charge in [0.05, 0.1) is 11.3 Å². The first-order valence-electron chi connectivity index (χ1n) is 9.12. The fourth-order valence-electron chi connectivity index (χ4n) is 6.64. The quantitative estimate of drug-likeness (QED) is 0.552. The summed E-state index contributed by atoms with van der Waals surface area (Å²) in [6, 6.07) is 0. The van der Waals surface area contributed by atoms with Crippen LogP contribution in [0.15, 0.2) is 12.2 Å². The van der Waals surface area contributed by atoms with Crippen molar-refractivity contribution in [2.45, 2.75) is 33.1 Å². The van der Waals surface area contributed by atoms with E-state index >= 15 is 0 Å². The number of carbonyl (C=O) groups is 2. The molecule has 0 spiro atoms. The number of alkyl halides is 1. The number of nitrogens with zero attached hydrogens (tertiary/aromatic N) is 1. The summed E-state index contributed by atoms with van der Waals surface area (Å²) in [5, 5.41) is 0. The molecule has 1 amide bonds. The van der Waals surface area contributed by atoms with Gasteiger partial charge in [-0.2, -0.15) is 0 Å². The molecule has 4 aliphatic carbocycles. The fraction of sp³-hybridized carbons (Fsp3) is 0.789. The van der Waals surface area contributed by atoms with Gasteiger partial charge in [0, 0.05) is 24.9 Å². The molecule has 0 radical (unpaired) electrons. The topological polar surface area (TPSA) is 37.4 Å². The summed E-state index contributed by atoms with van der Waals surface area (Å²) in [6.45, 7) is 10.00. The van der Waals surface area contributed by atoms with Crippen LogP contribution >= 0.6 is 11.6 Å². The zero-order chi connectivity index (χ0) is 16.5. The van der Waals surface area contributed by atoms with Crippen molar-refractivity contribution in [2.75, 3.05) is 19.0 Å². The van der Waals surface area contributed by atoms with Gasteiger partial charge in [-0.15, -0.1) is 11.6 Å². The molecule has 0 aromatic heterocycles. The molecule has 4 rings (SSSR count). The minimum absolute atomic E-state index is 0.00333. The number of rotatable bonds is 6. The maximum absolute atomic E-state index is 13.3. The number of hydrogen-bond acceptors (Lipinski definition) is 2. The first kappa shape index (κ1) is 15.7. The van der Waals surface area contributed by atoms with Crippen LogP contribution in [0.3, 0.4) is 0 Å². The van der Waals surface area contributed by atoms with Crippen molar-refractivity contribution in [3.8, 4) is 0 Å². The highest BCUT2D eigenvalue weighted by atomic mass is 35.5. The number of hydrogen-bond donors (Lipinski definition) is 0. The highest BCUT2D eigenvalue weighted by Gasteiger charge is 2.83. The second-order valence-corrected chi connectivity index (χ2v) is 8.27. The summed E-state index contributed by atoms with van der Waals surface area (Å²) < 4.78 is 0. The Kier molecular flexibility index (Phi) is 3.46. The van der Waals surface area contributed by atoms with Gasteiger partial charge in [0.2, 0.25) is 5.91 Å². The second kappa shape index (κ2) is 5.08. The summed E-state index contributed by atoms with van der Waals surface area (Å²) >= 11 is 6.36. The van der Waals surface area contributed by atoms with Crippen LogP contribution in [-0.4, -0.2) is 35.6 Å². The van der Waals surface area contributed by atoms with Crippen LogP contribution in [-0.2, 0) is 9.59 Å². The number of fused-ring (bicyclic) bond motifs is 2. The lowest BCUT2D eigenvalue weighted by Crippen LogP contribution is -2.64. The highest BCUT2D eigenvalue weighted by Crippen LogP contribution is 2.80. The van der Waals surface area contributed by atoms with Gasteiger partial charge in [-0.05, 0) is 42.9 Å². The molecule has 0 aromatic rings. The number of halogens is 1. The van der Waals surface area contributed by atoms with Gasteiger partial charge in [0.15, 0.2) is 0 Å². The van der Waals surface area contributed by atoms with Crippen LogP contribution in [0, 0.1) is 40.9 Å². The van der Waals surface area contributed by atoms with Gasteiger partial charge in [0.25, 0.3) is 0 Å². The monoisotopic (exact) mass is 335 g/mol. The Bertz CT molecular complexity index is 582. The van der Waals surface area contributed by atoms with E-state index in [0.717, 1.165) is 37.9 Å². The van der Waals surface area contributed by atoms with Crippen molar-refractivity contribution >= 4 is 23.3 Å². The van der Waals surface area contributed by atoms with Crippen LogP contribution in [0.4, 0.5) is 0 Å². The first-order valence-corrected chi connectivity index (χ1v) is 9.65. The number of Topliss-reactive ketones (excluding diaryl/α,β-unsaturated/α-hetero) is 1. The Morgan fingerprint density at radius 1 is 1.35 bits per heavy atom. The molecule has 0 aromatic carbocycles. The molecule has 126 valence electrons. The van der Waals surface area contributed by atoms with E-state index in [4.69, 9.17) is 11.6 Å². The van der Waals surface area contributed by atoms with E-state index in [-0.39, 0.29) is 23.5 Å². The van der Waals surface area contributed by atoms with Crippen molar-refractivity contribution in [3.63, 3.8) is 0 Å². The molecule has 0 saturated heterocycles. The summed E-state index contributed by atoms with van der Waals surface area (Å²) in [5.74, 6) is 2.06. The standard InChI is InChI=1S/C19H26ClNO2/c1-4-6-21(7-5-2)18(23)16-14-11-8-12-13(10(11)3)17(22)19(16,9-20)15(12)14/h11-16H,3-9H2,1-2H3/t11-,12+,13-,14+,15-,16?,19+/m0/s1. The van der Waals surface area contributed by atoms with Crippen molar-refractivity contribution in [1.82, 2.24) is 4.90 Å². The van der Waals surface area contributed by atoms with Crippen LogP contribution in [0.1, 0.15) is 33.1 Å². The summed E-state index contributed by atoms with van der Waals surface area (Å²) in [4.78, 5) is 28.4. The van der Waals surface area contributed by atoms with E-state index in [1.807, 2.05) is 4.90 Å². The number of carbonyl (C=O) groups excluding carboxylic acids is 2. The predicted molar refractivity (Wildman–Crippen MR) is 90.0 cm³/mol. The fourth-order valence-corrected chi connectivity index (χ4v) is 7.12. The maximum atomic E-state index is 13.3. The Hall–Kier alpha value is -0.830. The normalized spacial score (nSPS) is 45.5. The molecular formula is C19H26ClNO2. The van der Waals surface area contributed by atoms with Crippen molar-refractivity contribution < 1.29 is 9.59 Å². The second-order valence-electron chi connectivity index (χ2n) is 8.00. The third-order valence-corrected chi connectivity index (χ3v) is 7.67. The number of amides is 1. The third kappa shape index (κ3) is 1.58. The van der Waals surface area contributed by atoms with Gasteiger partial charge < -0.3 is 4.90 Å². The molecule has 7 atom stereocenters. The third-order valence-electron chi connectivity index (χ3n) is 7.23. The minimum atomic E-state index is -0.577. The van der Waals surface area contributed by atoms with Gasteiger partial charge in [0.1, 0.15) is 5.78 Å². The van der Waals surface area contributed by atoms with Gasteiger partial charge in [-0.1, -0.05) is 26.0 Å². The number of ketones is 1. The van der Waals surface area contributed by atoms with Crippen molar-refractivity contribution in [1.29, 1.82) is 0 Å². The van der Waals surface area contributed by atoms with E-state index in [0.29, 0.717) is 29.6 Å². The molecule has 4 saturated carbocycles. The lowest BCUT2D eigenvalue weighted by Gasteiger charge is -2.56. The zero-order valence-corrected chi connectivity index (χ0v) is 14.8. The van der Waals surface area contributed by atoms with Gasteiger partial charge in [-0.3, -0.25) is 9.59 Å². The van der Waals surface area contributed by atoms with Crippen LogP contribution < -0.4 is 0 Å². The average Bonchev–Trinajstić information content (AvgIpc) is 3.02. The average molecular weight is 336 g/mol. The number of allylic oxidation sites excluding steroid dienone is 1. The first-order chi connectivity index (χ1) is 11.0. The largest absolute Gasteiger partial charge is 0.342 e. The van der Waals surface area contributed by atoms with Crippen molar-refractivity contribution in [2.24, 2.45) is 40.9 Å². The maximum Gasteiger partial charge on any atom is 0.227 e. The minimum Gasteiger partial charge on any atom is -0.342 e. The predicted octanol–water partition coefficient (Wildman–Crippen LogP) is 3.13. The highest BCUT2D eigenvalue weighted by molar-refractivity contribution is 6.21. The van der Waals surface area contributed by atoms with Crippen LogP contribution in [0.2, 0.25) is 0 Å². The molecule has 2 bridgehead atoms. The smallest absolute Gasteiger partial charge is 0.227 e. The molecule has 0 heterocycles. The van der Waals surface area contributed by atoms with Crippen LogP contribution in [0.25, 0.3) is 0 Å². The summed E-state index contributed by atoms with van der Waals surface area (Å²) in [6.07, 6.45) is 2.97. The Morgan fingerprint density at radius 2 is 2.00 bits per heavy atom. The molecule has 0 aliphatic heterocycles. The lowest BCUT2D eigenvalue weighted by atomic mass is 9.47. The Balaban J connectivity index is 1.71. The molecule has 0 N–H and O–H groups in total. The molecule has 3 nitrogen and oxygen atoms in total. The van der Waals surface area contributed by atoms with E-state index in [9.17, 15) is 9.59 Å². The van der Waals surface area contributed by atoms with E-state index in [1.165, 1.54) is 0 Å². The van der Waals surface area contributed by atoms with E-state index in [1.54, 1.807) is 0 Å². The molecule has 4 heteroatoms.